The van der Waals surface area contributed by atoms with Crippen molar-refractivity contribution >= 4 is 72.6 Å². The standard InChI is InChI=1S/C43H33N2O2.C17H22GeN.Ir/c1-25(2)32-21-28(27-13-6-5-7-14-27)22-33(26(3)4)41(32)45-37-19-10-9-18-36(37)44-43(45)31-17-12-16-30-35-23-34-29-15-8-11-20-38(29)46-39(34)24-40(35)47-42(30)31;1-13(2)15-11-17(14-9-7-6-8-10-14)19-12-16(15)18(3,4)5;/h5-16,18-26H,1-4H3;6-9,11-13H,1-5H3;/q2*-1;/i;13D;. The second-order valence-corrected chi connectivity index (χ2v) is 29.8. The Bertz CT molecular complexity index is 3580. The van der Waals surface area contributed by atoms with Crippen molar-refractivity contribution in [2.24, 2.45) is 0 Å². The largest absolute Gasteiger partial charge is 0 e. The van der Waals surface area contributed by atoms with Crippen LogP contribution in [0.25, 0.3) is 94.4 Å². The minimum absolute atomic E-state index is 0. The van der Waals surface area contributed by atoms with Crippen molar-refractivity contribution in [2.75, 3.05) is 0 Å². The van der Waals surface area contributed by atoms with E-state index in [1.165, 1.54) is 32.3 Å². The number of aromatic nitrogens is 3. The molecule has 4 aromatic heterocycles. The van der Waals surface area contributed by atoms with Crippen molar-refractivity contribution in [1.29, 1.82) is 0 Å². The van der Waals surface area contributed by atoms with Gasteiger partial charge in [-0.25, -0.2) is 0 Å². The smallest absolute Gasteiger partial charge is 0 e. The van der Waals surface area contributed by atoms with Gasteiger partial charge in [-0.05, 0) is 70.5 Å². The van der Waals surface area contributed by atoms with Crippen LogP contribution in [0.1, 0.15) is 77.3 Å². The van der Waals surface area contributed by atoms with Crippen molar-refractivity contribution in [3.63, 3.8) is 0 Å². The number of para-hydroxylation sites is 3. The third-order valence-electron chi connectivity index (χ3n) is 12.7. The predicted octanol–water partition coefficient (Wildman–Crippen LogP) is 16.4. The average Bonchev–Trinajstić information content (AvgIpc) is 4.01. The van der Waals surface area contributed by atoms with E-state index in [0.29, 0.717) is 0 Å². The summed E-state index contributed by atoms with van der Waals surface area (Å²) >= 11 is -2.03. The molecular weight excluding hydrogens is 1060 g/mol. The summed E-state index contributed by atoms with van der Waals surface area (Å²) in [4.78, 5) is 9.92. The van der Waals surface area contributed by atoms with Gasteiger partial charge in [-0.3, -0.25) is 4.98 Å². The molecule has 4 heterocycles. The van der Waals surface area contributed by atoms with E-state index in [2.05, 4.69) is 164 Å². The molecule has 11 rings (SSSR count). The number of hydrogen-bond donors (Lipinski definition) is 0. The molecular formula is C60H55GeIrN3O2-2. The van der Waals surface area contributed by atoms with E-state index < -0.39 is 19.2 Å². The van der Waals surface area contributed by atoms with Gasteiger partial charge in [0.25, 0.3) is 0 Å². The normalized spacial score (nSPS) is 12.3. The van der Waals surface area contributed by atoms with Crippen LogP contribution in [0.4, 0.5) is 0 Å². The van der Waals surface area contributed by atoms with E-state index in [1.54, 1.807) is 0 Å². The van der Waals surface area contributed by atoms with Crippen LogP contribution in [0.2, 0.25) is 17.3 Å². The number of fused-ring (bicyclic) bond motifs is 7. The SMILES string of the molecule is CC(C)c1cc(-c2ccccc2)cc(C(C)C)c1-n1c(-c2[c-]ccc3c2oc2cc4oc5ccccc5c4cc23)nc2ccccc21.[2H]C(C)(C)c1cc(-c2[c-]cccc2)nc[c]1[Ge]([CH3])([CH3])[CH3].[Ir]. The van der Waals surface area contributed by atoms with Gasteiger partial charge in [-0.1, -0.05) is 99.3 Å². The van der Waals surface area contributed by atoms with Crippen molar-refractivity contribution < 1.29 is 30.3 Å². The summed E-state index contributed by atoms with van der Waals surface area (Å²) in [7, 11) is 0. The maximum absolute atomic E-state index is 8.44. The fraction of sp³-hybridized carbons (Fsp3) is 0.200. The first-order valence-corrected chi connectivity index (χ1v) is 30.4. The van der Waals surface area contributed by atoms with E-state index >= 15 is 0 Å². The van der Waals surface area contributed by atoms with Crippen molar-refractivity contribution in [1.82, 2.24) is 14.5 Å². The van der Waals surface area contributed by atoms with Gasteiger partial charge in [-0.15, -0.1) is 18.2 Å². The molecule has 1 radical (unpaired) electrons. The predicted molar refractivity (Wildman–Crippen MR) is 279 cm³/mol. The molecule has 0 saturated carbocycles. The Morgan fingerprint density at radius 3 is 1.97 bits per heavy atom. The number of rotatable bonds is 8. The Morgan fingerprint density at radius 2 is 1.27 bits per heavy atom. The van der Waals surface area contributed by atoms with Gasteiger partial charge in [0.05, 0.1) is 22.4 Å². The molecule has 7 heteroatoms. The first kappa shape index (κ1) is 44.8. The van der Waals surface area contributed by atoms with Crippen LogP contribution in [-0.4, -0.2) is 27.8 Å². The fourth-order valence-corrected chi connectivity index (χ4v) is 12.6. The monoisotopic (exact) mass is 1120 g/mol. The molecule has 337 valence electrons. The van der Waals surface area contributed by atoms with Gasteiger partial charge < -0.3 is 13.4 Å². The Kier molecular flexibility index (Phi) is 12.4. The molecule has 7 aromatic carbocycles. The molecule has 0 saturated heterocycles. The zero-order valence-electron chi connectivity index (χ0n) is 40.6. The molecule has 0 atom stereocenters. The number of hydrogen-bond acceptors (Lipinski definition) is 4. The first-order valence-electron chi connectivity index (χ1n) is 23.5. The van der Waals surface area contributed by atoms with Crippen LogP contribution in [0.5, 0.6) is 0 Å². The Morgan fingerprint density at radius 1 is 0.597 bits per heavy atom. The molecule has 0 aliphatic carbocycles. The molecule has 0 spiro atoms. The van der Waals surface area contributed by atoms with Crippen molar-refractivity contribution in [3.8, 4) is 39.5 Å². The Hall–Kier alpha value is -6.05. The molecule has 5 nitrogen and oxygen atoms in total. The molecule has 0 aliphatic heterocycles. The molecule has 11 aromatic rings. The summed E-state index contributed by atoms with van der Waals surface area (Å²) in [6.45, 7) is 13.0. The fourth-order valence-electron chi connectivity index (χ4n) is 9.33. The zero-order chi connectivity index (χ0) is 46.8. The Balaban J connectivity index is 0.000000232. The van der Waals surface area contributed by atoms with E-state index in [4.69, 9.17) is 15.2 Å². The summed E-state index contributed by atoms with van der Waals surface area (Å²) in [6, 6.07) is 57.0. The number of imidazole rings is 1. The van der Waals surface area contributed by atoms with Gasteiger partial charge in [-0.2, -0.15) is 0 Å². The quantitative estimate of drug-likeness (QED) is 0.112. The molecule has 0 unspecified atom stereocenters. The molecule has 0 N–H and O–H groups in total. The second kappa shape index (κ2) is 18.6. The minimum atomic E-state index is -2.03. The third kappa shape index (κ3) is 8.61. The van der Waals surface area contributed by atoms with Crippen LogP contribution >= 0.6 is 0 Å². The summed E-state index contributed by atoms with van der Waals surface area (Å²) in [5.74, 6) is 7.82. The van der Waals surface area contributed by atoms with Gasteiger partial charge in [0.1, 0.15) is 16.7 Å². The third-order valence-corrected chi connectivity index (χ3v) is 16.9. The second-order valence-electron chi connectivity index (χ2n) is 19.2. The van der Waals surface area contributed by atoms with Crippen LogP contribution in [0, 0.1) is 12.1 Å². The molecule has 0 amide bonds. The summed E-state index contributed by atoms with van der Waals surface area (Å²) in [6.07, 6.45) is 2.00. The number of nitrogens with zero attached hydrogens (tertiary/aromatic N) is 3. The zero-order valence-corrected chi connectivity index (χ0v) is 44.1. The van der Waals surface area contributed by atoms with Gasteiger partial charge in [0.2, 0.25) is 0 Å². The van der Waals surface area contributed by atoms with Crippen LogP contribution in [0.3, 0.4) is 0 Å². The van der Waals surface area contributed by atoms with Gasteiger partial charge >= 0.3 is 120 Å². The molecule has 0 fully saturated rings. The number of pyridine rings is 1. The van der Waals surface area contributed by atoms with Crippen molar-refractivity contribution in [2.45, 2.75) is 76.5 Å². The number of furan rings is 2. The van der Waals surface area contributed by atoms with E-state index in [0.717, 1.165) is 83.1 Å². The number of benzene rings is 7. The summed E-state index contributed by atoms with van der Waals surface area (Å²) < 4.78 is 25.1. The molecule has 0 aliphatic rings. The first-order chi connectivity index (χ1) is 32.2. The maximum atomic E-state index is 8.44. The van der Waals surface area contributed by atoms with Crippen LogP contribution < -0.4 is 4.40 Å². The van der Waals surface area contributed by atoms with E-state index in [-0.39, 0.29) is 31.9 Å². The maximum Gasteiger partial charge on any atom is 0 e. The molecule has 0 bridgehead atoms. The molecule has 67 heavy (non-hydrogen) atoms. The van der Waals surface area contributed by atoms with E-state index in [1.807, 2.05) is 68.6 Å². The van der Waals surface area contributed by atoms with E-state index in [9.17, 15) is 0 Å². The Labute approximate surface area is 411 Å². The summed E-state index contributed by atoms with van der Waals surface area (Å²) in [5.41, 5.74) is 15.3. The average molecular weight is 1120 g/mol. The van der Waals surface area contributed by atoms with Gasteiger partial charge in [0.15, 0.2) is 0 Å². The van der Waals surface area contributed by atoms with Crippen LogP contribution in [0.15, 0.2) is 161 Å². The topological polar surface area (TPSA) is 57.0 Å². The summed E-state index contributed by atoms with van der Waals surface area (Å²) in [5, 5.41) is 4.27. The van der Waals surface area contributed by atoms with Crippen LogP contribution in [-0.2, 0) is 20.1 Å². The van der Waals surface area contributed by atoms with Gasteiger partial charge in [0, 0.05) is 48.0 Å². The van der Waals surface area contributed by atoms with Crippen molar-refractivity contribution in [3.05, 3.63) is 181 Å². The minimum Gasteiger partial charge on any atom is 0 e.